The lowest BCUT2D eigenvalue weighted by molar-refractivity contribution is 0.680. The minimum absolute atomic E-state index is 0.0645. The molecule has 5 heteroatoms. The molecule has 1 rings (SSSR count). The molecule has 0 aliphatic carbocycles. The molecule has 0 radical (unpaired) electrons. The van der Waals surface area contributed by atoms with Crippen LogP contribution in [0.2, 0.25) is 0 Å². The molecule has 0 aromatic carbocycles. The predicted octanol–water partition coefficient (Wildman–Crippen LogP) is 1.46. The fourth-order valence-electron chi connectivity index (χ4n) is 0.843. The van der Waals surface area contributed by atoms with Gasteiger partial charge >= 0.3 is 0 Å². The van der Waals surface area contributed by atoms with Crippen LogP contribution in [-0.2, 0) is 11.0 Å². The molecule has 1 unspecified atom stereocenters. The molecule has 0 saturated heterocycles. The third-order valence-corrected chi connectivity index (χ3v) is 3.05. The maximum Gasteiger partial charge on any atom is 0.138 e. The van der Waals surface area contributed by atoms with E-state index in [9.17, 15) is 4.21 Å². The van der Waals surface area contributed by atoms with Gasteiger partial charge in [-0.2, -0.15) is 0 Å². The number of nitrogens with zero attached hydrogens (tertiary/aromatic N) is 1. The van der Waals surface area contributed by atoms with Crippen molar-refractivity contribution < 1.29 is 4.21 Å². The Hall–Kier alpha value is -1.10. The lowest BCUT2D eigenvalue weighted by atomic mass is 10.2. The smallest absolute Gasteiger partial charge is 0.138 e. The van der Waals surface area contributed by atoms with Crippen molar-refractivity contribution in [2.24, 2.45) is 0 Å². The minimum Gasteiger partial charge on any atom is -0.397 e. The molecular weight excluding hydrogens is 198 g/mol. The van der Waals surface area contributed by atoms with Gasteiger partial charge in [0.05, 0.1) is 11.9 Å². The molecule has 1 aromatic heterocycles. The Bertz CT molecular complexity index is 352. The second kappa shape index (κ2) is 4.41. The molecule has 0 fully saturated rings. The van der Waals surface area contributed by atoms with Gasteiger partial charge in [0.25, 0.3) is 0 Å². The van der Waals surface area contributed by atoms with E-state index < -0.39 is 11.0 Å². The highest BCUT2D eigenvalue weighted by atomic mass is 32.2. The van der Waals surface area contributed by atoms with Crippen molar-refractivity contribution in [3.05, 3.63) is 17.8 Å². The molecular formula is C9H15N3OS. The Labute approximate surface area is 86.5 Å². The normalized spacial score (nSPS) is 12.9. The van der Waals surface area contributed by atoms with Crippen LogP contribution in [0.25, 0.3) is 0 Å². The molecule has 4 nitrogen and oxygen atoms in total. The van der Waals surface area contributed by atoms with Gasteiger partial charge in [0.1, 0.15) is 16.8 Å². The van der Waals surface area contributed by atoms with Crippen molar-refractivity contribution in [2.45, 2.75) is 26.0 Å². The van der Waals surface area contributed by atoms with E-state index in [1.165, 1.54) is 0 Å². The van der Waals surface area contributed by atoms with Crippen LogP contribution in [0.15, 0.2) is 12.3 Å². The summed E-state index contributed by atoms with van der Waals surface area (Å²) in [6.45, 7) is 5.65. The summed E-state index contributed by atoms with van der Waals surface area (Å²) in [5.41, 5.74) is 7.19. The van der Waals surface area contributed by atoms with Gasteiger partial charge in [-0.15, -0.1) is 0 Å². The summed E-state index contributed by atoms with van der Waals surface area (Å²) >= 11 is 0. The summed E-state index contributed by atoms with van der Waals surface area (Å²) in [5, 5.41) is 0.0645. The van der Waals surface area contributed by atoms with Crippen molar-refractivity contribution in [2.75, 3.05) is 10.5 Å². The van der Waals surface area contributed by atoms with Crippen LogP contribution in [0.4, 0.5) is 11.5 Å². The highest BCUT2D eigenvalue weighted by molar-refractivity contribution is 7.86. The first-order valence-electron chi connectivity index (χ1n) is 4.40. The van der Waals surface area contributed by atoms with Gasteiger partial charge in [0.2, 0.25) is 0 Å². The fourth-order valence-corrected chi connectivity index (χ4v) is 1.40. The molecule has 1 aromatic rings. The van der Waals surface area contributed by atoms with Crippen LogP contribution < -0.4 is 10.5 Å². The van der Waals surface area contributed by atoms with E-state index in [-0.39, 0.29) is 5.25 Å². The number of nitrogen functional groups attached to an aromatic ring is 1. The first-order valence-corrected chi connectivity index (χ1v) is 5.61. The average molecular weight is 213 g/mol. The summed E-state index contributed by atoms with van der Waals surface area (Å²) in [7, 11) is -1.09. The third-order valence-electron chi connectivity index (χ3n) is 1.78. The number of hydrogen-bond acceptors (Lipinski definition) is 3. The lowest BCUT2D eigenvalue weighted by Gasteiger charge is -2.08. The quantitative estimate of drug-likeness (QED) is 0.798. The van der Waals surface area contributed by atoms with E-state index in [0.29, 0.717) is 11.5 Å². The second-order valence-electron chi connectivity index (χ2n) is 3.37. The zero-order valence-corrected chi connectivity index (χ0v) is 9.39. The zero-order chi connectivity index (χ0) is 10.7. The molecule has 3 N–H and O–H groups in total. The van der Waals surface area contributed by atoms with Crippen LogP contribution in [0.5, 0.6) is 0 Å². The number of anilines is 2. The van der Waals surface area contributed by atoms with E-state index in [1.807, 2.05) is 20.8 Å². The standard InChI is InChI=1S/C9H15N3OS/c1-6(2)14(13)12-9-4-7(3)8(10)5-11-9/h4-6H,10H2,1-3H3,(H,11,12). The molecule has 0 saturated carbocycles. The summed E-state index contributed by atoms with van der Waals surface area (Å²) in [6.07, 6.45) is 1.56. The molecule has 0 amide bonds. The minimum atomic E-state index is -1.09. The predicted molar refractivity (Wildman–Crippen MR) is 60.3 cm³/mol. The molecule has 0 bridgehead atoms. The van der Waals surface area contributed by atoms with Crippen LogP contribution in [0.1, 0.15) is 19.4 Å². The van der Waals surface area contributed by atoms with Gasteiger partial charge in [-0.1, -0.05) is 0 Å². The van der Waals surface area contributed by atoms with Gasteiger partial charge in [0.15, 0.2) is 0 Å². The van der Waals surface area contributed by atoms with Crippen LogP contribution in [-0.4, -0.2) is 14.4 Å². The van der Waals surface area contributed by atoms with Crippen molar-refractivity contribution in [3.8, 4) is 0 Å². The van der Waals surface area contributed by atoms with E-state index in [0.717, 1.165) is 5.56 Å². The highest BCUT2D eigenvalue weighted by Crippen LogP contribution is 2.14. The zero-order valence-electron chi connectivity index (χ0n) is 8.57. The Kier molecular flexibility index (Phi) is 3.46. The largest absolute Gasteiger partial charge is 0.397 e. The Balaban J connectivity index is 2.78. The Morgan fingerprint density at radius 2 is 2.21 bits per heavy atom. The number of nitrogens with one attached hydrogen (secondary N) is 1. The number of aromatic nitrogens is 1. The van der Waals surface area contributed by atoms with Gasteiger partial charge in [0, 0.05) is 5.25 Å². The lowest BCUT2D eigenvalue weighted by Crippen LogP contribution is -2.15. The van der Waals surface area contributed by atoms with E-state index in [2.05, 4.69) is 9.71 Å². The van der Waals surface area contributed by atoms with Crippen LogP contribution >= 0.6 is 0 Å². The van der Waals surface area contributed by atoms with Gasteiger partial charge < -0.3 is 5.73 Å². The third kappa shape index (κ3) is 2.70. The first kappa shape index (κ1) is 11.0. The maximum atomic E-state index is 11.4. The van der Waals surface area contributed by atoms with Gasteiger partial charge in [-0.05, 0) is 32.4 Å². The van der Waals surface area contributed by atoms with Crippen molar-refractivity contribution in [3.63, 3.8) is 0 Å². The van der Waals surface area contributed by atoms with Crippen LogP contribution in [0.3, 0.4) is 0 Å². The number of aryl methyl sites for hydroxylation is 1. The second-order valence-corrected chi connectivity index (χ2v) is 5.12. The molecule has 0 aliphatic rings. The molecule has 1 atom stereocenters. The fraction of sp³-hybridized carbons (Fsp3) is 0.444. The summed E-state index contributed by atoms with van der Waals surface area (Å²) in [4.78, 5) is 4.03. The maximum absolute atomic E-state index is 11.4. The van der Waals surface area contributed by atoms with E-state index >= 15 is 0 Å². The van der Waals surface area contributed by atoms with Crippen molar-refractivity contribution in [1.29, 1.82) is 0 Å². The monoisotopic (exact) mass is 213 g/mol. The molecule has 14 heavy (non-hydrogen) atoms. The number of pyridine rings is 1. The number of hydrogen-bond donors (Lipinski definition) is 2. The molecule has 1 heterocycles. The molecule has 0 aliphatic heterocycles. The molecule has 78 valence electrons. The van der Waals surface area contributed by atoms with E-state index in [1.54, 1.807) is 12.3 Å². The number of rotatable bonds is 3. The van der Waals surface area contributed by atoms with Crippen molar-refractivity contribution in [1.82, 2.24) is 4.98 Å². The van der Waals surface area contributed by atoms with Gasteiger partial charge in [-0.25, -0.2) is 9.19 Å². The Morgan fingerprint density at radius 3 is 2.71 bits per heavy atom. The van der Waals surface area contributed by atoms with Crippen molar-refractivity contribution >= 4 is 22.5 Å². The topological polar surface area (TPSA) is 68.0 Å². The average Bonchev–Trinajstić information content (AvgIpc) is 2.11. The summed E-state index contributed by atoms with van der Waals surface area (Å²) in [6, 6.07) is 1.79. The molecule has 0 spiro atoms. The first-order chi connectivity index (χ1) is 6.50. The highest BCUT2D eigenvalue weighted by Gasteiger charge is 2.06. The SMILES string of the molecule is Cc1cc(NS(=O)C(C)C)ncc1N. The van der Waals surface area contributed by atoms with Gasteiger partial charge in [-0.3, -0.25) is 4.72 Å². The summed E-state index contributed by atoms with van der Waals surface area (Å²) < 4.78 is 14.3. The van der Waals surface area contributed by atoms with Crippen LogP contribution in [0, 0.1) is 6.92 Å². The summed E-state index contributed by atoms with van der Waals surface area (Å²) in [5.74, 6) is 0.601. The Morgan fingerprint density at radius 1 is 1.57 bits per heavy atom. The number of nitrogens with two attached hydrogens (primary N) is 1. The van der Waals surface area contributed by atoms with E-state index in [4.69, 9.17) is 5.73 Å².